The maximum Gasteiger partial charge on any atom is 0.273 e. The summed E-state index contributed by atoms with van der Waals surface area (Å²) in [4.78, 5) is 9.84. The van der Waals surface area contributed by atoms with E-state index in [2.05, 4.69) is 9.44 Å². The Hall–Kier alpha value is -3.06. The van der Waals surface area contributed by atoms with Gasteiger partial charge < -0.3 is 9.47 Å². The second-order valence-corrected chi connectivity index (χ2v) is 8.89. The van der Waals surface area contributed by atoms with Crippen molar-refractivity contribution in [1.82, 2.24) is 0 Å². The number of non-ortho nitro benzene ring substituents is 1. The van der Waals surface area contributed by atoms with Gasteiger partial charge in [0, 0.05) is 6.07 Å². The maximum atomic E-state index is 12.7. The van der Waals surface area contributed by atoms with Gasteiger partial charge in [-0.25, -0.2) is 16.8 Å². The van der Waals surface area contributed by atoms with Gasteiger partial charge in [0.2, 0.25) is 10.0 Å². The first-order chi connectivity index (χ1) is 13.0. The highest BCUT2D eigenvalue weighted by Gasteiger charge is 2.23. The molecule has 0 spiro atoms. The highest BCUT2D eigenvalue weighted by atomic mass is 32.2. The second kappa shape index (κ2) is 7.90. The summed E-state index contributed by atoms with van der Waals surface area (Å²) >= 11 is 0. The van der Waals surface area contributed by atoms with Crippen molar-refractivity contribution in [2.45, 2.75) is 4.90 Å². The van der Waals surface area contributed by atoms with Crippen LogP contribution in [0.5, 0.6) is 11.5 Å². The zero-order chi connectivity index (χ0) is 21.1. The Labute approximate surface area is 161 Å². The Bertz CT molecular complexity index is 1110. The van der Waals surface area contributed by atoms with Gasteiger partial charge in [0.05, 0.1) is 42.8 Å². The summed E-state index contributed by atoms with van der Waals surface area (Å²) in [5.74, 6) is -0.0361. The van der Waals surface area contributed by atoms with E-state index < -0.39 is 25.0 Å². The molecular formula is C15H17N3O8S2. The Morgan fingerprint density at radius 2 is 1.57 bits per heavy atom. The summed E-state index contributed by atoms with van der Waals surface area (Å²) in [7, 11) is -5.32. The molecule has 0 radical (unpaired) electrons. The van der Waals surface area contributed by atoms with Crippen molar-refractivity contribution in [1.29, 1.82) is 0 Å². The smallest absolute Gasteiger partial charge is 0.273 e. The number of hydrogen-bond donors (Lipinski definition) is 2. The minimum atomic E-state index is -4.19. The molecule has 0 aliphatic carbocycles. The largest absolute Gasteiger partial charge is 0.495 e. The molecule has 0 aliphatic rings. The number of benzene rings is 2. The van der Waals surface area contributed by atoms with Crippen LogP contribution in [0.15, 0.2) is 41.3 Å². The average Bonchev–Trinajstić information content (AvgIpc) is 2.59. The van der Waals surface area contributed by atoms with Gasteiger partial charge >= 0.3 is 0 Å². The fourth-order valence-electron chi connectivity index (χ4n) is 2.25. The Kier molecular flexibility index (Phi) is 5.99. The van der Waals surface area contributed by atoms with Gasteiger partial charge in [-0.05, 0) is 24.3 Å². The first-order valence-electron chi connectivity index (χ1n) is 7.48. The average molecular weight is 431 g/mol. The van der Waals surface area contributed by atoms with Gasteiger partial charge in [-0.1, -0.05) is 0 Å². The monoisotopic (exact) mass is 431 g/mol. The number of nitrogens with zero attached hydrogens (tertiary/aromatic N) is 1. The van der Waals surface area contributed by atoms with E-state index >= 15 is 0 Å². The van der Waals surface area contributed by atoms with Gasteiger partial charge in [-0.2, -0.15) is 0 Å². The molecule has 0 saturated heterocycles. The van der Waals surface area contributed by atoms with Gasteiger partial charge in [0.1, 0.15) is 16.4 Å². The highest BCUT2D eigenvalue weighted by Crippen LogP contribution is 2.32. The molecule has 0 unspecified atom stereocenters. The van der Waals surface area contributed by atoms with E-state index in [-0.39, 0.29) is 33.5 Å². The zero-order valence-electron chi connectivity index (χ0n) is 15.0. The molecule has 0 aromatic heterocycles. The molecule has 2 N–H and O–H groups in total. The van der Waals surface area contributed by atoms with E-state index in [1.807, 2.05) is 0 Å². The van der Waals surface area contributed by atoms with E-state index in [1.165, 1.54) is 32.4 Å². The topological polar surface area (TPSA) is 154 Å². The van der Waals surface area contributed by atoms with Crippen LogP contribution in [0, 0.1) is 10.1 Å². The van der Waals surface area contributed by atoms with E-state index in [9.17, 15) is 26.9 Å². The normalized spacial score (nSPS) is 11.5. The van der Waals surface area contributed by atoms with E-state index in [0.717, 1.165) is 24.5 Å². The van der Waals surface area contributed by atoms with Gasteiger partial charge in [0.15, 0.2) is 0 Å². The first-order valence-corrected chi connectivity index (χ1v) is 10.9. The molecule has 152 valence electrons. The van der Waals surface area contributed by atoms with Crippen molar-refractivity contribution in [2.75, 3.05) is 29.9 Å². The third kappa shape index (κ3) is 5.01. The summed E-state index contributed by atoms with van der Waals surface area (Å²) in [5.41, 5.74) is -0.270. The van der Waals surface area contributed by atoms with Crippen LogP contribution < -0.4 is 18.9 Å². The summed E-state index contributed by atoms with van der Waals surface area (Å²) < 4.78 is 62.8. The van der Waals surface area contributed by atoms with E-state index in [4.69, 9.17) is 9.47 Å². The number of sulfonamides is 2. The SMILES string of the molecule is COc1ccc(NS(=O)(=O)c2ccc([N+](=O)[O-])cc2OC)cc1NS(C)(=O)=O. The molecular weight excluding hydrogens is 414 g/mol. The predicted molar refractivity (Wildman–Crippen MR) is 102 cm³/mol. The Balaban J connectivity index is 2.44. The van der Waals surface area contributed by atoms with Crippen LogP contribution in [0.1, 0.15) is 0 Å². The molecule has 13 heteroatoms. The molecule has 0 amide bonds. The van der Waals surface area contributed by atoms with Crippen molar-refractivity contribution in [3.63, 3.8) is 0 Å². The molecule has 2 rings (SSSR count). The summed E-state index contributed by atoms with van der Waals surface area (Å²) in [6, 6.07) is 7.02. The number of nitro benzene ring substituents is 1. The van der Waals surface area contributed by atoms with Gasteiger partial charge in [0.25, 0.3) is 15.7 Å². The van der Waals surface area contributed by atoms with Gasteiger partial charge in [-0.15, -0.1) is 0 Å². The fraction of sp³-hybridized carbons (Fsp3) is 0.200. The van der Waals surface area contributed by atoms with Crippen LogP contribution >= 0.6 is 0 Å². The Morgan fingerprint density at radius 1 is 0.929 bits per heavy atom. The molecule has 0 aliphatic heterocycles. The molecule has 28 heavy (non-hydrogen) atoms. The lowest BCUT2D eigenvalue weighted by Crippen LogP contribution is -2.15. The molecule has 0 fully saturated rings. The maximum absolute atomic E-state index is 12.7. The molecule has 0 atom stereocenters. The van der Waals surface area contributed by atoms with Crippen molar-refractivity contribution < 1.29 is 31.2 Å². The van der Waals surface area contributed by atoms with Crippen LogP contribution in [-0.4, -0.2) is 42.2 Å². The molecule has 0 bridgehead atoms. The van der Waals surface area contributed by atoms with Crippen LogP contribution in [-0.2, 0) is 20.0 Å². The molecule has 0 saturated carbocycles. The number of methoxy groups -OCH3 is 2. The summed E-state index contributed by atoms with van der Waals surface area (Å²) in [6.07, 6.45) is 0.936. The number of ether oxygens (including phenoxy) is 2. The molecule has 2 aromatic carbocycles. The zero-order valence-corrected chi connectivity index (χ0v) is 16.6. The second-order valence-electron chi connectivity index (χ2n) is 5.49. The number of hydrogen-bond acceptors (Lipinski definition) is 8. The first kappa shape index (κ1) is 21.2. The fourth-order valence-corrected chi connectivity index (χ4v) is 4.01. The lowest BCUT2D eigenvalue weighted by atomic mass is 10.2. The van der Waals surface area contributed by atoms with E-state index in [0.29, 0.717) is 0 Å². The van der Waals surface area contributed by atoms with Crippen molar-refractivity contribution in [3.8, 4) is 11.5 Å². The van der Waals surface area contributed by atoms with Crippen LogP contribution in [0.3, 0.4) is 0 Å². The molecule has 11 nitrogen and oxygen atoms in total. The van der Waals surface area contributed by atoms with Crippen molar-refractivity contribution in [2.24, 2.45) is 0 Å². The highest BCUT2D eigenvalue weighted by molar-refractivity contribution is 7.93. The standard InChI is InChI=1S/C15H17N3O8S2/c1-25-13-6-4-10(8-12(13)17-27(3,21)22)16-28(23,24)15-7-5-11(18(19)20)9-14(15)26-2/h4-9,16-17H,1-3H3. The number of nitrogens with one attached hydrogen (secondary N) is 2. The molecule has 2 aromatic rings. The van der Waals surface area contributed by atoms with Crippen LogP contribution in [0.25, 0.3) is 0 Å². The van der Waals surface area contributed by atoms with Gasteiger partial charge in [-0.3, -0.25) is 19.6 Å². The number of anilines is 2. The number of rotatable bonds is 8. The lowest BCUT2D eigenvalue weighted by molar-refractivity contribution is -0.385. The summed E-state index contributed by atoms with van der Waals surface area (Å²) in [5, 5.41) is 10.9. The summed E-state index contributed by atoms with van der Waals surface area (Å²) in [6.45, 7) is 0. The number of nitro groups is 1. The van der Waals surface area contributed by atoms with Crippen LogP contribution in [0.2, 0.25) is 0 Å². The minimum absolute atomic E-state index is 0.0286. The van der Waals surface area contributed by atoms with Crippen molar-refractivity contribution >= 4 is 37.1 Å². The lowest BCUT2D eigenvalue weighted by Gasteiger charge is -2.14. The van der Waals surface area contributed by atoms with E-state index in [1.54, 1.807) is 0 Å². The van der Waals surface area contributed by atoms with Crippen molar-refractivity contribution in [3.05, 3.63) is 46.5 Å². The van der Waals surface area contributed by atoms with Crippen LogP contribution in [0.4, 0.5) is 17.1 Å². The third-order valence-electron chi connectivity index (χ3n) is 3.39. The third-order valence-corrected chi connectivity index (χ3v) is 5.41. The Morgan fingerprint density at radius 3 is 2.11 bits per heavy atom. The predicted octanol–water partition coefficient (Wildman–Crippen LogP) is 1.78. The quantitative estimate of drug-likeness (QED) is 0.473. The molecule has 0 heterocycles. The minimum Gasteiger partial charge on any atom is -0.495 e.